The van der Waals surface area contributed by atoms with E-state index in [0.717, 1.165) is 9.26 Å². The highest BCUT2D eigenvalue weighted by atomic mass is 127. The minimum Gasteiger partial charge on any atom is -0.480 e. The smallest absolute Gasteiger partial charge is 0.328 e. The largest absolute Gasteiger partial charge is 0.480 e. The van der Waals surface area contributed by atoms with Crippen LogP contribution < -0.4 is 5.32 Å². The van der Waals surface area contributed by atoms with Crippen LogP contribution in [0.25, 0.3) is 0 Å². The lowest BCUT2D eigenvalue weighted by Gasteiger charge is -2.14. The number of carboxylic acid groups (broad SMARTS) is 1. The van der Waals surface area contributed by atoms with Gasteiger partial charge in [0, 0.05) is 16.4 Å². The predicted molar refractivity (Wildman–Crippen MR) is 66.1 cm³/mol. The number of carboxylic acids is 1. The molecule has 4 nitrogen and oxygen atoms in total. The van der Waals surface area contributed by atoms with Gasteiger partial charge in [0.1, 0.15) is 6.04 Å². The van der Waals surface area contributed by atoms with Crippen molar-refractivity contribution in [3.8, 4) is 0 Å². The number of hydrogen-bond donors (Lipinski definition) is 2. The fraction of sp³-hybridized carbons (Fsp3) is 0.300. The molecular weight excluding hydrogens is 309 g/mol. The summed E-state index contributed by atoms with van der Waals surface area (Å²) in [7, 11) is 1.48. The Morgan fingerprint density at radius 3 is 2.93 bits per heavy atom. The van der Waals surface area contributed by atoms with Crippen LogP contribution >= 0.6 is 22.6 Å². The molecule has 1 atom stereocenters. The van der Waals surface area contributed by atoms with Crippen LogP contribution in [0.15, 0.2) is 24.3 Å². The molecule has 0 heterocycles. The SMILES string of the molecule is COCC(Nc1cccc(I)c1)C(=O)O. The molecule has 0 fully saturated rings. The normalized spacial score (nSPS) is 12.1. The number of benzene rings is 1. The van der Waals surface area contributed by atoms with Gasteiger partial charge in [-0.3, -0.25) is 0 Å². The van der Waals surface area contributed by atoms with Gasteiger partial charge in [-0.25, -0.2) is 4.79 Å². The van der Waals surface area contributed by atoms with Crippen molar-refractivity contribution in [3.63, 3.8) is 0 Å². The van der Waals surface area contributed by atoms with Crippen LogP contribution in [0.5, 0.6) is 0 Å². The minimum atomic E-state index is -0.921. The Morgan fingerprint density at radius 2 is 2.40 bits per heavy atom. The number of carbonyl (C=O) groups is 1. The maximum absolute atomic E-state index is 10.8. The van der Waals surface area contributed by atoms with Gasteiger partial charge in [0.15, 0.2) is 0 Å². The molecule has 0 saturated carbocycles. The van der Waals surface area contributed by atoms with Crippen LogP contribution in [0.2, 0.25) is 0 Å². The molecule has 0 bridgehead atoms. The lowest BCUT2D eigenvalue weighted by Crippen LogP contribution is -2.33. The summed E-state index contributed by atoms with van der Waals surface area (Å²) in [5.41, 5.74) is 0.784. The molecule has 15 heavy (non-hydrogen) atoms. The van der Waals surface area contributed by atoms with Gasteiger partial charge in [-0.1, -0.05) is 6.07 Å². The van der Waals surface area contributed by atoms with Crippen LogP contribution in [-0.4, -0.2) is 30.8 Å². The summed E-state index contributed by atoms with van der Waals surface area (Å²) in [6, 6.07) is 6.81. The Labute approximate surface area is 102 Å². The standard InChI is InChI=1S/C10H12INO3/c1-15-6-9(10(13)14)12-8-4-2-3-7(11)5-8/h2-5,9,12H,6H2,1H3,(H,13,14). The Bertz CT molecular complexity index is 343. The van der Waals surface area contributed by atoms with Crippen molar-refractivity contribution in [1.29, 1.82) is 0 Å². The monoisotopic (exact) mass is 321 g/mol. The maximum Gasteiger partial charge on any atom is 0.328 e. The van der Waals surface area contributed by atoms with E-state index >= 15 is 0 Å². The van der Waals surface area contributed by atoms with Crippen molar-refractivity contribution < 1.29 is 14.6 Å². The lowest BCUT2D eigenvalue weighted by molar-refractivity contribution is -0.139. The zero-order valence-electron chi connectivity index (χ0n) is 8.24. The Morgan fingerprint density at radius 1 is 1.67 bits per heavy atom. The summed E-state index contributed by atoms with van der Waals surface area (Å²) in [5.74, 6) is -0.921. The molecule has 1 rings (SSSR count). The van der Waals surface area contributed by atoms with Gasteiger partial charge < -0.3 is 15.2 Å². The van der Waals surface area contributed by atoms with Crippen molar-refractivity contribution in [1.82, 2.24) is 0 Å². The topological polar surface area (TPSA) is 58.6 Å². The van der Waals surface area contributed by atoms with Gasteiger partial charge in [-0.15, -0.1) is 0 Å². The Balaban J connectivity index is 2.69. The van der Waals surface area contributed by atoms with Crippen molar-refractivity contribution >= 4 is 34.2 Å². The molecule has 82 valence electrons. The summed E-state index contributed by atoms with van der Waals surface area (Å²) in [6.07, 6.45) is 0. The molecule has 1 aromatic carbocycles. The highest BCUT2D eigenvalue weighted by molar-refractivity contribution is 14.1. The van der Waals surface area contributed by atoms with Gasteiger partial charge in [-0.2, -0.15) is 0 Å². The van der Waals surface area contributed by atoms with E-state index in [1.54, 1.807) is 0 Å². The van der Waals surface area contributed by atoms with E-state index < -0.39 is 12.0 Å². The van der Waals surface area contributed by atoms with Crippen LogP contribution in [0, 0.1) is 3.57 Å². The number of ether oxygens (including phenoxy) is 1. The zero-order chi connectivity index (χ0) is 11.3. The first-order chi connectivity index (χ1) is 7.13. The first kappa shape index (κ1) is 12.3. The van der Waals surface area contributed by atoms with Crippen molar-refractivity contribution in [3.05, 3.63) is 27.8 Å². The van der Waals surface area contributed by atoms with Gasteiger partial charge in [0.05, 0.1) is 6.61 Å². The highest BCUT2D eigenvalue weighted by Gasteiger charge is 2.16. The first-order valence-corrected chi connectivity index (χ1v) is 5.45. The van der Waals surface area contributed by atoms with Crippen molar-refractivity contribution in [2.24, 2.45) is 0 Å². The third kappa shape index (κ3) is 4.05. The van der Waals surface area contributed by atoms with Crippen LogP contribution in [0.1, 0.15) is 0 Å². The molecule has 1 unspecified atom stereocenters. The van der Waals surface area contributed by atoms with E-state index in [4.69, 9.17) is 9.84 Å². The second-order valence-electron chi connectivity index (χ2n) is 3.00. The van der Waals surface area contributed by atoms with Crippen molar-refractivity contribution in [2.45, 2.75) is 6.04 Å². The first-order valence-electron chi connectivity index (χ1n) is 4.37. The number of methoxy groups -OCH3 is 1. The molecule has 0 aliphatic heterocycles. The summed E-state index contributed by atoms with van der Waals surface area (Å²) in [5, 5.41) is 11.8. The molecule has 2 N–H and O–H groups in total. The molecule has 0 aromatic heterocycles. The predicted octanol–water partition coefficient (Wildman–Crippen LogP) is 1.80. The number of hydrogen-bond acceptors (Lipinski definition) is 3. The Hall–Kier alpha value is -0.820. The quantitative estimate of drug-likeness (QED) is 0.812. The minimum absolute atomic E-state index is 0.140. The van der Waals surface area contributed by atoms with E-state index in [1.807, 2.05) is 24.3 Å². The lowest BCUT2D eigenvalue weighted by atomic mass is 10.2. The van der Waals surface area contributed by atoms with E-state index in [2.05, 4.69) is 27.9 Å². The summed E-state index contributed by atoms with van der Waals surface area (Å²) < 4.78 is 5.88. The number of anilines is 1. The summed E-state index contributed by atoms with van der Waals surface area (Å²) >= 11 is 2.17. The average Bonchev–Trinajstić information content (AvgIpc) is 2.17. The highest BCUT2D eigenvalue weighted by Crippen LogP contribution is 2.13. The van der Waals surface area contributed by atoms with Crippen molar-refractivity contribution in [2.75, 3.05) is 19.0 Å². The van der Waals surface area contributed by atoms with E-state index in [9.17, 15) is 4.79 Å². The van der Waals surface area contributed by atoms with E-state index in [0.29, 0.717) is 0 Å². The molecule has 1 aromatic rings. The average molecular weight is 321 g/mol. The number of halogens is 1. The zero-order valence-corrected chi connectivity index (χ0v) is 10.4. The second-order valence-corrected chi connectivity index (χ2v) is 4.25. The maximum atomic E-state index is 10.8. The van der Waals surface area contributed by atoms with Crippen LogP contribution in [-0.2, 0) is 9.53 Å². The summed E-state index contributed by atoms with van der Waals surface area (Å²) in [6.45, 7) is 0.140. The second kappa shape index (κ2) is 5.92. The fourth-order valence-electron chi connectivity index (χ4n) is 1.12. The molecule has 0 amide bonds. The third-order valence-corrected chi connectivity index (χ3v) is 2.47. The summed E-state index contributed by atoms with van der Waals surface area (Å²) in [4.78, 5) is 10.8. The molecular formula is C10H12INO3. The molecule has 0 spiro atoms. The number of aliphatic carboxylic acids is 1. The fourth-order valence-corrected chi connectivity index (χ4v) is 1.66. The Kier molecular flexibility index (Phi) is 4.83. The van der Waals surface area contributed by atoms with E-state index in [-0.39, 0.29) is 6.61 Å². The molecule has 0 aliphatic carbocycles. The molecule has 0 radical (unpaired) electrons. The van der Waals surface area contributed by atoms with Crippen LogP contribution in [0.3, 0.4) is 0 Å². The molecule has 0 saturated heterocycles. The van der Waals surface area contributed by atoms with E-state index in [1.165, 1.54) is 7.11 Å². The van der Waals surface area contributed by atoms with Gasteiger partial charge in [-0.05, 0) is 40.8 Å². The number of nitrogens with one attached hydrogen (secondary N) is 1. The van der Waals surface area contributed by atoms with Gasteiger partial charge in [0.25, 0.3) is 0 Å². The number of rotatable bonds is 5. The molecule has 5 heteroatoms. The molecule has 0 aliphatic rings. The van der Waals surface area contributed by atoms with Crippen LogP contribution in [0.4, 0.5) is 5.69 Å². The van der Waals surface area contributed by atoms with Gasteiger partial charge >= 0.3 is 5.97 Å². The third-order valence-electron chi connectivity index (χ3n) is 1.80. The van der Waals surface area contributed by atoms with Gasteiger partial charge in [0.2, 0.25) is 0 Å².